The molecule has 0 radical (unpaired) electrons. The highest BCUT2D eigenvalue weighted by Gasteiger charge is 2.15. The van der Waals surface area contributed by atoms with E-state index in [9.17, 15) is 0 Å². The lowest BCUT2D eigenvalue weighted by molar-refractivity contribution is 0.245. The Labute approximate surface area is 119 Å². The van der Waals surface area contributed by atoms with E-state index in [1.54, 1.807) is 0 Å². The molecule has 0 amide bonds. The van der Waals surface area contributed by atoms with Crippen molar-refractivity contribution < 1.29 is 0 Å². The van der Waals surface area contributed by atoms with Crippen molar-refractivity contribution >= 4 is 0 Å². The Hall–Kier alpha value is -0.860. The summed E-state index contributed by atoms with van der Waals surface area (Å²) in [6.45, 7) is 13.1. The van der Waals surface area contributed by atoms with E-state index in [2.05, 4.69) is 56.9 Å². The number of rotatable bonds is 8. The molecule has 0 aliphatic rings. The summed E-state index contributed by atoms with van der Waals surface area (Å²) in [5, 5.41) is 0. The zero-order chi connectivity index (χ0) is 14.3. The minimum absolute atomic E-state index is 0.280. The van der Waals surface area contributed by atoms with Crippen molar-refractivity contribution in [3.05, 3.63) is 35.4 Å². The number of hydrogen-bond donors (Lipinski definition) is 1. The van der Waals surface area contributed by atoms with Gasteiger partial charge in [-0.15, -0.1) is 0 Å². The van der Waals surface area contributed by atoms with Gasteiger partial charge in [-0.1, -0.05) is 45.0 Å². The molecule has 0 fully saturated rings. The summed E-state index contributed by atoms with van der Waals surface area (Å²) in [6.07, 6.45) is 2.43. The van der Waals surface area contributed by atoms with Crippen LogP contribution in [0.4, 0.5) is 0 Å². The summed E-state index contributed by atoms with van der Waals surface area (Å²) < 4.78 is 0. The van der Waals surface area contributed by atoms with Gasteiger partial charge in [-0.3, -0.25) is 4.90 Å². The van der Waals surface area contributed by atoms with Crippen LogP contribution in [0.25, 0.3) is 0 Å². The molecule has 0 aliphatic heterocycles. The fourth-order valence-electron chi connectivity index (χ4n) is 2.26. The molecule has 0 bridgehead atoms. The van der Waals surface area contributed by atoms with Gasteiger partial charge in [-0.05, 0) is 55.9 Å². The van der Waals surface area contributed by atoms with Crippen LogP contribution < -0.4 is 5.73 Å². The minimum Gasteiger partial charge on any atom is -0.330 e. The summed E-state index contributed by atoms with van der Waals surface area (Å²) in [6, 6.07) is 8.68. The van der Waals surface area contributed by atoms with Gasteiger partial charge in [0, 0.05) is 6.54 Å². The Kier molecular flexibility index (Phi) is 6.53. The van der Waals surface area contributed by atoms with E-state index in [1.807, 2.05) is 0 Å². The molecule has 0 saturated heterocycles. The van der Waals surface area contributed by atoms with E-state index in [-0.39, 0.29) is 5.41 Å². The number of benzene rings is 1. The van der Waals surface area contributed by atoms with Gasteiger partial charge in [0.2, 0.25) is 0 Å². The first-order valence-corrected chi connectivity index (χ1v) is 7.45. The van der Waals surface area contributed by atoms with E-state index < -0.39 is 0 Å². The molecule has 108 valence electrons. The molecule has 0 saturated carbocycles. The van der Waals surface area contributed by atoms with Crippen molar-refractivity contribution in [1.29, 1.82) is 0 Å². The highest BCUT2D eigenvalue weighted by Crippen LogP contribution is 2.20. The van der Waals surface area contributed by atoms with Gasteiger partial charge in [0.25, 0.3) is 0 Å². The Morgan fingerprint density at radius 2 is 1.89 bits per heavy atom. The fourth-order valence-corrected chi connectivity index (χ4v) is 2.26. The molecular formula is C17H30N2. The Balaban J connectivity index is 2.45. The maximum atomic E-state index is 5.79. The quantitative estimate of drug-likeness (QED) is 0.776. The zero-order valence-electron chi connectivity index (χ0n) is 13.1. The summed E-state index contributed by atoms with van der Waals surface area (Å²) >= 11 is 0. The number of nitrogens with zero attached hydrogens (tertiary/aromatic N) is 1. The molecule has 0 aromatic heterocycles. The van der Waals surface area contributed by atoms with Gasteiger partial charge in [0.1, 0.15) is 0 Å². The van der Waals surface area contributed by atoms with Crippen LogP contribution in [0.2, 0.25) is 0 Å². The first-order chi connectivity index (χ1) is 8.98. The summed E-state index contributed by atoms with van der Waals surface area (Å²) in [5.74, 6) is 0. The molecular weight excluding hydrogens is 232 g/mol. The van der Waals surface area contributed by atoms with Crippen molar-refractivity contribution in [2.24, 2.45) is 11.1 Å². The molecule has 19 heavy (non-hydrogen) atoms. The second kappa shape index (κ2) is 7.66. The standard InChI is InChI=1S/C17H30N2/c1-5-19(12-8-11-17(3,4)14-18)13-16-10-7-6-9-15(16)2/h6-7,9-10H,5,8,11-14,18H2,1-4H3. The van der Waals surface area contributed by atoms with Crippen LogP contribution in [0, 0.1) is 12.3 Å². The highest BCUT2D eigenvalue weighted by atomic mass is 15.1. The third kappa shape index (κ3) is 5.75. The van der Waals surface area contributed by atoms with Crippen LogP contribution in [-0.2, 0) is 6.54 Å². The van der Waals surface area contributed by atoms with E-state index in [0.29, 0.717) is 0 Å². The normalized spacial score (nSPS) is 12.1. The van der Waals surface area contributed by atoms with Crippen LogP contribution in [0.15, 0.2) is 24.3 Å². The van der Waals surface area contributed by atoms with Gasteiger partial charge in [0.15, 0.2) is 0 Å². The zero-order valence-corrected chi connectivity index (χ0v) is 13.1. The minimum atomic E-state index is 0.280. The number of aryl methyl sites for hydroxylation is 1. The monoisotopic (exact) mass is 262 g/mol. The van der Waals surface area contributed by atoms with E-state index >= 15 is 0 Å². The van der Waals surface area contributed by atoms with Crippen LogP contribution in [0.3, 0.4) is 0 Å². The van der Waals surface area contributed by atoms with Gasteiger partial charge < -0.3 is 5.73 Å². The fraction of sp³-hybridized carbons (Fsp3) is 0.647. The molecule has 1 rings (SSSR count). The summed E-state index contributed by atoms with van der Waals surface area (Å²) in [4.78, 5) is 2.52. The largest absolute Gasteiger partial charge is 0.330 e. The maximum Gasteiger partial charge on any atom is 0.0236 e. The van der Waals surface area contributed by atoms with Gasteiger partial charge in [0.05, 0.1) is 0 Å². The predicted octanol–water partition coefficient (Wildman–Crippen LogP) is 3.58. The summed E-state index contributed by atoms with van der Waals surface area (Å²) in [5.41, 5.74) is 8.90. The van der Waals surface area contributed by atoms with E-state index in [1.165, 1.54) is 24.0 Å². The topological polar surface area (TPSA) is 29.3 Å². The second-order valence-corrected chi connectivity index (χ2v) is 6.27. The molecule has 0 spiro atoms. The summed E-state index contributed by atoms with van der Waals surface area (Å²) in [7, 11) is 0. The van der Waals surface area contributed by atoms with Crippen molar-refractivity contribution in [1.82, 2.24) is 4.90 Å². The molecule has 1 aromatic rings. The number of nitrogens with two attached hydrogens (primary N) is 1. The van der Waals surface area contributed by atoms with Crippen LogP contribution >= 0.6 is 0 Å². The van der Waals surface area contributed by atoms with Crippen LogP contribution in [-0.4, -0.2) is 24.5 Å². The molecule has 2 N–H and O–H groups in total. The van der Waals surface area contributed by atoms with E-state index in [4.69, 9.17) is 5.73 Å². The molecule has 0 atom stereocenters. The lowest BCUT2D eigenvalue weighted by atomic mass is 9.88. The highest BCUT2D eigenvalue weighted by molar-refractivity contribution is 5.25. The lowest BCUT2D eigenvalue weighted by Crippen LogP contribution is -2.28. The molecule has 0 aliphatic carbocycles. The van der Waals surface area contributed by atoms with E-state index in [0.717, 1.165) is 26.2 Å². The Morgan fingerprint density at radius 3 is 2.47 bits per heavy atom. The van der Waals surface area contributed by atoms with Crippen molar-refractivity contribution in [3.8, 4) is 0 Å². The van der Waals surface area contributed by atoms with Gasteiger partial charge in [-0.25, -0.2) is 0 Å². The molecule has 1 aromatic carbocycles. The van der Waals surface area contributed by atoms with Crippen molar-refractivity contribution in [2.75, 3.05) is 19.6 Å². The van der Waals surface area contributed by atoms with Gasteiger partial charge >= 0.3 is 0 Å². The maximum absolute atomic E-state index is 5.79. The van der Waals surface area contributed by atoms with Crippen LogP contribution in [0.5, 0.6) is 0 Å². The average Bonchev–Trinajstić information content (AvgIpc) is 2.39. The Morgan fingerprint density at radius 1 is 1.21 bits per heavy atom. The smallest absolute Gasteiger partial charge is 0.0236 e. The predicted molar refractivity (Wildman–Crippen MR) is 84.2 cm³/mol. The Bertz CT molecular complexity index is 371. The number of hydrogen-bond acceptors (Lipinski definition) is 2. The average molecular weight is 262 g/mol. The van der Waals surface area contributed by atoms with Gasteiger partial charge in [-0.2, -0.15) is 0 Å². The third-order valence-electron chi connectivity index (χ3n) is 3.98. The van der Waals surface area contributed by atoms with Crippen molar-refractivity contribution in [3.63, 3.8) is 0 Å². The molecule has 0 unspecified atom stereocenters. The SMILES string of the molecule is CCN(CCCC(C)(C)CN)Cc1ccccc1C. The van der Waals surface area contributed by atoms with Crippen molar-refractivity contribution in [2.45, 2.75) is 47.1 Å². The molecule has 2 heteroatoms. The van der Waals surface area contributed by atoms with Crippen LogP contribution in [0.1, 0.15) is 44.7 Å². The molecule has 2 nitrogen and oxygen atoms in total. The molecule has 0 heterocycles. The lowest BCUT2D eigenvalue weighted by Gasteiger charge is -2.26. The first kappa shape index (κ1) is 16.2. The third-order valence-corrected chi connectivity index (χ3v) is 3.98. The first-order valence-electron chi connectivity index (χ1n) is 7.45. The second-order valence-electron chi connectivity index (χ2n) is 6.27.